The first-order chi connectivity index (χ1) is 9.34. The Morgan fingerprint density at radius 2 is 2.10 bits per heavy atom. The number of carbonyl (C=O) groups is 1. The van der Waals surface area contributed by atoms with E-state index in [0.717, 1.165) is 12.1 Å². The van der Waals surface area contributed by atoms with Crippen molar-refractivity contribution in [2.75, 3.05) is 18.5 Å². The maximum Gasteiger partial charge on any atom is 0.416 e. The highest BCUT2D eigenvalue weighted by atomic mass is 79.9. The van der Waals surface area contributed by atoms with Crippen LogP contribution in [0.25, 0.3) is 0 Å². The molecule has 1 aromatic carbocycles. The molecule has 1 unspecified atom stereocenters. The molecule has 0 aliphatic carbocycles. The number of anilines is 1. The summed E-state index contributed by atoms with van der Waals surface area (Å²) in [6.07, 6.45) is -3.77. The molecule has 0 bridgehead atoms. The van der Waals surface area contributed by atoms with Crippen molar-refractivity contribution < 1.29 is 22.7 Å². The van der Waals surface area contributed by atoms with Crippen LogP contribution in [0.4, 0.5) is 23.7 Å². The quantitative estimate of drug-likeness (QED) is 0.857. The van der Waals surface area contributed by atoms with Gasteiger partial charge in [0.2, 0.25) is 0 Å². The second kappa shape index (κ2) is 6.01. The third-order valence-corrected chi connectivity index (χ3v) is 3.21. The molecule has 0 saturated carbocycles. The summed E-state index contributed by atoms with van der Waals surface area (Å²) in [4.78, 5) is 11.7. The lowest BCUT2D eigenvalue weighted by Gasteiger charge is -2.14. The van der Waals surface area contributed by atoms with Crippen molar-refractivity contribution in [3.05, 3.63) is 28.2 Å². The van der Waals surface area contributed by atoms with Crippen LogP contribution in [0, 0.1) is 0 Å². The molecule has 1 fully saturated rings. The van der Waals surface area contributed by atoms with Gasteiger partial charge in [-0.25, -0.2) is 4.79 Å². The van der Waals surface area contributed by atoms with Crippen molar-refractivity contribution in [2.45, 2.75) is 18.6 Å². The van der Waals surface area contributed by atoms with Crippen molar-refractivity contribution in [3.8, 4) is 0 Å². The zero-order valence-electron chi connectivity index (χ0n) is 10.3. The highest BCUT2D eigenvalue weighted by Crippen LogP contribution is 2.33. The lowest BCUT2D eigenvalue weighted by atomic mass is 10.2. The van der Waals surface area contributed by atoms with Gasteiger partial charge in [-0.2, -0.15) is 13.2 Å². The van der Waals surface area contributed by atoms with Crippen LogP contribution in [0.15, 0.2) is 22.7 Å². The van der Waals surface area contributed by atoms with E-state index in [-0.39, 0.29) is 16.2 Å². The Bertz CT molecular complexity index is 502. The molecule has 20 heavy (non-hydrogen) atoms. The lowest BCUT2D eigenvalue weighted by Crippen LogP contribution is -2.38. The van der Waals surface area contributed by atoms with Gasteiger partial charge in [0.15, 0.2) is 0 Å². The number of benzene rings is 1. The van der Waals surface area contributed by atoms with E-state index >= 15 is 0 Å². The minimum Gasteiger partial charge on any atom is -0.379 e. The molecule has 1 atom stereocenters. The number of amides is 2. The average molecular weight is 353 g/mol. The molecule has 0 radical (unpaired) electrons. The van der Waals surface area contributed by atoms with E-state index in [1.807, 2.05) is 0 Å². The number of halogens is 4. The highest BCUT2D eigenvalue weighted by Gasteiger charge is 2.31. The monoisotopic (exact) mass is 352 g/mol. The van der Waals surface area contributed by atoms with Crippen molar-refractivity contribution >= 4 is 27.6 Å². The summed E-state index contributed by atoms with van der Waals surface area (Å²) in [7, 11) is 0. The molecule has 1 aliphatic rings. The van der Waals surface area contributed by atoms with Crippen molar-refractivity contribution in [1.82, 2.24) is 5.32 Å². The van der Waals surface area contributed by atoms with Crippen LogP contribution < -0.4 is 10.6 Å². The van der Waals surface area contributed by atoms with Crippen LogP contribution in [0.1, 0.15) is 12.0 Å². The molecule has 1 saturated heterocycles. The first kappa shape index (κ1) is 15.1. The predicted molar refractivity (Wildman–Crippen MR) is 70.5 cm³/mol. The van der Waals surface area contributed by atoms with Gasteiger partial charge in [-0.15, -0.1) is 0 Å². The zero-order chi connectivity index (χ0) is 14.8. The average Bonchev–Trinajstić information content (AvgIpc) is 2.79. The van der Waals surface area contributed by atoms with Crippen LogP contribution in [-0.4, -0.2) is 25.3 Å². The van der Waals surface area contributed by atoms with Gasteiger partial charge in [-0.05, 0) is 24.6 Å². The number of rotatable bonds is 2. The fourth-order valence-electron chi connectivity index (χ4n) is 1.83. The molecule has 8 heteroatoms. The Balaban J connectivity index is 2.04. The van der Waals surface area contributed by atoms with Gasteiger partial charge in [0.1, 0.15) is 0 Å². The second-order valence-electron chi connectivity index (χ2n) is 4.39. The molecule has 2 rings (SSSR count). The van der Waals surface area contributed by atoms with Gasteiger partial charge in [-0.3, -0.25) is 0 Å². The Labute approximate surface area is 121 Å². The Morgan fingerprint density at radius 3 is 2.70 bits per heavy atom. The molecule has 1 aliphatic heterocycles. The summed E-state index contributed by atoms with van der Waals surface area (Å²) in [6, 6.07) is 2.58. The minimum atomic E-state index is -4.46. The van der Waals surface area contributed by atoms with Crippen LogP contribution >= 0.6 is 15.9 Å². The molecule has 110 valence electrons. The van der Waals surface area contributed by atoms with E-state index in [9.17, 15) is 18.0 Å². The molecule has 1 aromatic rings. The smallest absolute Gasteiger partial charge is 0.379 e. The first-order valence-corrected chi connectivity index (χ1v) is 6.67. The third kappa shape index (κ3) is 4.11. The third-order valence-electron chi connectivity index (χ3n) is 2.75. The van der Waals surface area contributed by atoms with E-state index in [1.165, 1.54) is 6.07 Å². The fraction of sp³-hybridized carbons (Fsp3) is 0.417. The summed E-state index contributed by atoms with van der Waals surface area (Å²) < 4.78 is 43.3. The maximum atomic E-state index is 12.6. The van der Waals surface area contributed by atoms with Crippen molar-refractivity contribution in [3.63, 3.8) is 0 Å². The fourth-order valence-corrected chi connectivity index (χ4v) is 2.32. The van der Waals surface area contributed by atoms with Gasteiger partial charge in [0.25, 0.3) is 0 Å². The first-order valence-electron chi connectivity index (χ1n) is 5.87. The summed E-state index contributed by atoms with van der Waals surface area (Å²) >= 11 is 2.99. The molecule has 1 heterocycles. The highest BCUT2D eigenvalue weighted by molar-refractivity contribution is 9.10. The van der Waals surface area contributed by atoms with Crippen LogP contribution in [0.5, 0.6) is 0 Å². The number of alkyl halides is 3. The van der Waals surface area contributed by atoms with Crippen molar-refractivity contribution in [2.24, 2.45) is 0 Å². The Hall–Kier alpha value is -1.28. The number of urea groups is 1. The number of ether oxygens (including phenoxy) is 1. The van der Waals surface area contributed by atoms with Crippen molar-refractivity contribution in [1.29, 1.82) is 0 Å². The topological polar surface area (TPSA) is 50.4 Å². The number of hydrogen-bond acceptors (Lipinski definition) is 2. The molecule has 0 aromatic heterocycles. The lowest BCUT2D eigenvalue weighted by molar-refractivity contribution is -0.137. The van der Waals surface area contributed by atoms with E-state index in [4.69, 9.17) is 4.74 Å². The van der Waals surface area contributed by atoms with E-state index in [0.29, 0.717) is 19.6 Å². The van der Waals surface area contributed by atoms with Crippen LogP contribution in [-0.2, 0) is 10.9 Å². The van der Waals surface area contributed by atoms with Gasteiger partial charge in [0, 0.05) is 16.8 Å². The largest absolute Gasteiger partial charge is 0.416 e. The molecule has 2 amide bonds. The minimum absolute atomic E-state index is 0.0723. The molecule has 4 nitrogen and oxygen atoms in total. The van der Waals surface area contributed by atoms with Gasteiger partial charge >= 0.3 is 12.2 Å². The molecular formula is C12H12BrF3N2O2. The Morgan fingerprint density at radius 1 is 1.35 bits per heavy atom. The maximum absolute atomic E-state index is 12.6. The Kier molecular flexibility index (Phi) is 4.54. The molecular weight excluding hydrogens is 341 g/mol. The number of nitrogens with one attached hydrogen (secondary N) is 2. The van der Waals surface area contributed by atoms with Gasteiger partial charge in [-0.1, -0.05) is 15.9 Å². The number of hydrogen-bond donors (Lipinski definition) is 2. The summed E-state index contributed by atoms with van der Waals surface area (Å²) in [5.74, 6) is 0. The zero-order valence-corrected chi connectivity index (χ0v) is 11.8. The summed E-state index contributed by atoms with van der Waals surface area (Å²) in [6.45, 7) is 0.986. The SMILES string of the molecule is O=C(Nc1cc(Br)cc(C(F)(F)F)c1)NC1CCOC1. The summed E-state index contributed by atoms with van der Waals surface area (Å²) in [5.41, 5.74) is -0.755. The van der Waals surface area contributed by atoms with Crippen LogP contribution in [0.2, 0.25) is 0 Å². The van der Waals surface area contributed by atoms with E-state index in [2.05, 4.69) is 26.6 Å². The molecule has 2 N–H and O–H groups in total. The van der Waals surface area contributed by atoms with Crippen LogP contribution in [0.3, 0.4) is 0 Å². The standard InChI is InChI=1S/C12H12BrF3N2O2/c13-8-3-7(12(14,15)16)4-10(5-8)18-11(19)17-9-1-2-20-6-9/h3-5,9H,1-2,6H2,(H2,17,18,19). The molecule has 0 spiro atoms. The predicted octanol–water partition coefficient (Wildman–Crippen LogP) is 3.38. The number of carbonyl (C=O) groups excluding carboxylic acids is 1. The van der Waals surface area contributed by atoms with Gasteiger partial charge < -0.3 is 15.4 Å². The second-order valence-corrected chi connectivity index (χ2v) is 5.30. The van der Waals surface area contributed by atoms with E-state index in [1.54, 1.807) is 0 Å². The van der Waals surface area contributed by atoms with E-state index < -0.39 is 17.8 Å². The summed E-state index contributed by atoms with van der Waals surface area (Å²) in [5, 5.41) is 5.02. The van der Waals surface area contributed by atoms with Gasteiger partial charge in [0.05, 0.1) is 18.2 Å². The normalized spacial score (nSPS) is 18.9.